The highest BCUT2D eigenvalue weighted by molar-refractivity contribution is 7.99. The van der Waals surface area contributed by atoms with E-state index in [9.17, 15) is 0 Å². The van der Waals surface area contributed by atoms with Gasteiger partial charge in [0.05, 0.1) is 6.33 Å². The van der Waals surface area contributed by atoms with Crippen molar-refractivity contribution in [2.75, 3.05) is 5.75 Å². The van der Waals surface area contributed by atoms with Gasteiger partial charge in [-0.05, 0) is 25.0 Å². The lowest BCUT2D eigenvalue weighted by atomic mass is 9.95. The first-order chi connectivity index (χ1) is 7.88. The van der Waals surface area contributed by atoms with Gasteiger partial charge in [0.25, 0.3) is 0 Å². The highest BCUT2D eigenvalue weighted by atomic mass is 32.2. The Balaban J connectivity index is 1.72. The fourth-order valence-corrected chi connectivity index (χ4v) is 3.53. The Labute approximate surface area is 102 Å². The largest absolute Gasteiger partial charge is 0.347 e. The third kappa shape index (κ3) is 3.52. The third-order valence-electron chi connectivity index (χ3n) is 3.16. The van der Waals surface area contributed by atoms with Crippen LogP contribution >= 0.6 is 11.8 Å². The topological polar surface area (TPSA) is 40.7 Å². The van der Waals surface area contributed by atoms with Gasteiger partial charge in [-0.1, -0.05) is 13.3 Å². The minimum atomic E-state index is 0.695. The van der Waals surface area contributed by atoms with Gasteiger partial charge in [0.1, 0.15) is 0 Å². The van der Waals surface area contributed by atoms with Crippen LogP contribution < -0.4 is 5.32 Å². The summed E-state index contributed by atoms with van der Waals surface area (Å²) in [6.07, 6.45) is 9.07. The number of nitrogens with one attached hydrogen (secondary N) is 2. The van der Waals surface area contributed by atoms with E-state index < -0.39 is 0 Å². The molecule has 2 rings (SSSR count). The van der Waals surface area contributed by atoms with Gasteiger partial charge >= 0.3 is 0 Å². The summed E-state index contributed by atoms with van der Waals surface area (Å²) in [7, 11) is 0. The first-order valence-electron chi connectivity index (χ1n) is 6.20. The number of hydrogen-bond acceptors (Lipinski definition) is 3. The number of aromatic nitrogens is 2. The second-order valence-electron chi connectivity index (χ2n) is 4.40. The number of rotatable bonds is 5. The maximum atomic E-state index is 4.03. The zero-order chi connectivity index (χ0) is 11.2. The van der Waals surface area contributed by atoms with E-state index in [0.717, 1.165) is 11.8 Å². The molecule has 0 spiro atoms. The van der Waals surface area contributed by atoms with Crippen LogP contribution in [0.3, 0.4) is 0 Å². The van der Waals surface area contributed by atoms with Crippen molar-refractivity contribution in [1.82, 2.24) is 15.3 Å². The average Bonchev–Trinajstić information content (AvgIpc) is 2.80. The maximum Gasteiger partial charge on any atom is 0.0922 e. The minimum Gasteiger partial charge on any atom is -0.347 e. The lowest BCUT2D eigenvalue weighted by molar-refractivity contribution is 0.378. The Morgan fingerprint density at radius 2 is 2.50 bits per heavy atom. The number of aromatic amines is 1. The molecule has 1 heterocycles. The Bertz CT molecular complexity index is 284. The van der Waals surface area contributed by atoms with Crippen LogP contribution in [0.25, 0.3) is 0 Å². The van der Waals surface area contributed by atoms with Gasteiger partial charge in [0.2, 0.25) is 0 Å². The molecule has 1 fully saturated rings. The fraction of sp³-hybridized carbons (Fsp3) is 0.750. The normalized spacial score (nSPS) is 25.8. The molecule has 0 amide bonds. The smallest absolute Gasteiger partial charge is 0.0922 e. The molecule has 90 valence electrons. The van der Waals surface area contributed by atoms with Crippen LogP contribution in [0.2, 0.25) is 0 Å². The van der Waals surface area contributed by atoms with Gasteiger partial charge < -0.3 is 10.3 Å². The van der Waals surface area contributed by atoms with E-state index in [-0.39, 0.29) is 0 Å². The summed E-state index contributed by atoms with van der Waals surface area (Å²) in [5, 5.41) is 4.50. The van der Waals surface area contributed by atoms with E-state index in [0.29, 0.717) is 6.04 Å². The van der Waals surface area contributed by atoms with Crippen LogP contribution in [-0.4, -0.2) is 27.0 Å². The summed E-state index contributed by atoms with van der Waals surface area (Å²) in [5.41, 5.74) is 1.19. The van der Waals surface area contributed by atoms with Crippen molar-refractivity contribution in [1.29, 1.82) is 0 Å². The molecular weight excluding hydrogens is 218 g/mol. The lowest BCUT2D eigenvalue weighted by Gasteiger charge is -2.29. The number of thioether (sulfide) groups is 1. The Morgan fingerprint density at radius 1 is 1.56 bits per heavy atom. The zero-order valence-electron chi connectivity index (χ0n) is 9.91. The van der Waals surface area contributed by atoms with Crippen LogP contribution in [0.1, 0.15) is 38.3 Å². The van der Waals surface area contributed by atoms with Gasteiger partial charge in [0.15, 0.2) is 0 Å². The van der Waals surface area contributed by atoms with E-state index >= 15 is 0 Å². The van der Waals surface area contributed by atoms with E-state index in [4.69, 9.17) is 0 Å². The molecule has 0 radical (unpaired) electrons. The molecule has 4 heteroatoms. The lowest BCUT2D eigenvalue weighted by Crippen LogP contribution is -2.34. The molecule has 1 aromatic rings. The molecule has 1 aliphatic rings. The van der Waals surface area contributed by atoms with Crippen molar-refractivity contribution in [3.8, 4) is 0 Å². The van der Waals surface area contributed by atoms with Gasteiger partial charge in [0, 0.05) is 29.7 Å². The van der Waals surface area contributed by atoms with Crippen LogP contribution in [-0.2, 0) is 6.54 Å². The van der Waals surface area contributed by atoms with Gasteiger partial charge in [-0.15, -0.1) is 0 Å². The summed E-state index contributed by atoms with van der Waals surface area (Å²) >= 11 is 2.12. The van der Waals surface area contributed by atoms with Gasteiger partial charge in [-0.3, -0.25) is 0 Å². The zero-order valence-corrected chi connectivity index (χ0v) is 10.7. The molecular formula is C12H21N3S. The SMILES string of the molecule is CCSC1CCCC(NCc2cnc[nH]2)C1. The monoisotopic (exact) mass is 239 g/mol. The number of H-pyrrole nitrogens is 1. The minimum absolute atomic E-state index is 0.695. The summed E-state index contributed by atoms with van der Waals surface area (Å²) < 4.78 is 0. The first kappa shape index (κ1) is 12.0. The number of hydrogen-bond donors (Lipinski definition) is 2. The van der Waals surface area contributed by atoms with Crippen LogP contribution in [0.15, 0.2) is 12.5 Å². The highest BCUT2D eigenvalue weighted by Crippen LogP contribution is 2.28. The fourth-order valence-electron chi connectivity index (χ4n) is 2.35. The van der Waals surface area contributed by atoms with Crippen molar-refractivity contribution in [3.63, 3.8) is 0 Å². The molecule has 0 aromatic carbocycles. The standard InChI is InChI=1S/C12H21N3S/c1-2-16-12-5-3-4-10(6-12)14-8-11-7-13-9-15-11/h7,9-10,12,14H,2-6,8H2,1H3,(H,13,15). The third-order valence-corrected chi connectivity index (χ3v) is 4.40. The van der Waals surface area contributed by atoms with E-state index in [1.54, 1.807) is 6.33 Å². The van der Waals surface area contributed by atoms with Gasteiger partial charge in [-0.25, -0.2) is 4.98 Å². The molecule has 16 heavy (non-hydrogen) atoms. The quantitative estimate of drug-likeness (QED) is 0.829. The van der Waals surface area contributed by atoms with Crippen LogP contribution in [0.5, 0.6) is 0 Å². The summed E-state index contributed by atoms with van der Waals surface area (Å²) in [4.78, 5) is 7.16. The molecule has 1 aromatic heterocycles. The molecule has 3 nitrogen and oxygen atoms in total. The Morgan fingerprint density at radius 3 is 3.25 bits per heavy atom. The molecule has 0 bridgehead atoms. The number of nitrogens with zero attached hydrogens (tertiary/aromatic N) is 1. The Hall–Kier alpha value is -0.480. The summed E-state index contributed by atoms with van der Waals surface area (Å²) in [6.45, 7) is 3.18. The predicted molar refractivity (Wildman–Crippen MR) is 69.6 cm³/mol. The molecule has 2 unspecified atom stereocenters. The summed E-state index contributed by atoms with van der Waals surface area (Å²) in [6, 6.07) is 0.695. The highest BCUT2D eigenvalue weighted by Gasteiger charge is 2.21. The van der Waals surface area contributed by atoms with Crippen molar-refractivity contribution < 1.29 is 0 Å². The number of imidazole rings is 1. The van der Waals surface area contributed by atoms with Crippen molar-refractivity contribution in [2.24, 2.45) is 0 Å². The van der Waals surface area contributed by atoms with Crippen molar-refractivity contribution >= 4 is 11.8 Å². The van der Waals surface area contributed by atoms with E-state index in [2.05, 4.69) is 34.0 Å². The van der Waals surface area contributed by atoms with E-state index in [1.807, 2.05) is 6.20 Å². The molecule has 0 aliphatic heterocycles. The van der Waals surface area contributed by atoms with Crippen LogP contribution in [0.4, 0.5) is 0 Å². The molecule has 1 aliphatic carbocycles. The maximum absolute atomic E-state index is 4.03. The molecule has 1 saturated carbocycles. The summed E-state index contributed by atoms with van der Waals surface area (Å²) in [5.74, 6) is 1.25. The molecule has 2 atom stereocenters. The molecule has 0 saturated heterocycles. The van der Waals surface area contributed by atoms with Gasteiger partial charge in [-0.2, -0.15) is 11.8 Å². The van der Waals surface area contributed by atoms with Crippen molar-refractivity contribution in [2.45, 2.75) is 50.4 Å². The van der Waals surface area contributed by atoms with Crippen molar-refractivity contribution in [3.05, 3.63) is 18.2 Å². The molecule has 2 N–H and O–H groups in total. The second kappa shape index (κ2) is 6.30. The Kier molecular flexibility index (Phi) is 4.72. The van der Waals surface area contributed by atoms with E-state index in [1.165, 1.54) is 37.1 Å². The predicted octanol–water partition coefficient (Wildman–Crippen LogP) is 2.56. The van der Waals surface area contributed by atoms with Crippen LogP contribution in [0, 0.1) is 0 Å². The average molecular weight is 239 g/mol. The first-order valence-corrected chi connectivity index (χ1v) is 7.25. The second-order valence-corrected chi connectivity index (χ2v) is 5.98.